The molecule has 1 aliphatic heterocycles. The molecule has 0 saturated carbocycles. The predicted octanol–water partition coefficient (Wildman–Crippen LogP) is 2.45. The van der Waals surface area contributed by atoms with Gasteiger partial charge in [-0.15, -0.1) is 12.4 Å². The highest BCUT2D eigenvalue weighted by Gasteiger charge is 2.26. The quantitative estimate of drug-likeness (QED) is 0.584. The fourth-order valence-electron chi connectivity index (χ4n) is 2.19. The fraction of sp³-hybridized carbons (Fsp3) is 0.417. The number of likely N-dealkylation sites (tertiary alicyclic amines) is 1. The Morgan fingerprint density at radius 2 is 2.00 bits per heavy atom. The van der Waals surface area contributed by atoms with Crippen LogP contribution in [0.5, 0.6) is 0 Å². The number of nitrogens with zero attached hydrogens (tertiary/aromatic N) is 1. The van der Waals surface area contributed by atoms with Gasteiger partial charge in [-0.05, 0) is 25.3 Å². The van der Waals surface area contributed by atoms with Crippen molar-refractivity contribution in [3.05, 3.63) is 35.4 Å². The van der Waals surface area contributed by atoms with Crippen molar-refractivity contribution < 1.29 is 0 Å². The van der Waals surface area contributed by atoms with Gasteiger partial charge < -0.3 is 10.6 Å². The summed E-state index contributed by atoms with van der Waals surface area (Å²) in [6, 6.07) is 8.82. The van der Waals surface area contributed by atoms with Gasteiger partial charge in [-0.25, -0.2) is 0 Å². The molecule has 1 aromatic rings. The zero-order valence-electron chi connectivity index (χ0n) is 9.44. The van der Waals surface area contributed by atoms with Crippen molar-refractivity contribution in [1.82, 2.24) is 4.90 Å². The third-order valence-electron chi connectivity index (χ3n) is 3.02. The minimum atomic E-state index is 0. The fourth-order valence-corrected chi connectivity index (χ4v) is 2.19. The molecule has 0 bridgehead atoms. The van der Waals surface area contributed by atoms with Crippen LogP contribution in [0, 0.1) is 12.3 Å². The Kier molecular flexibility index (Phi) is 4.19. The maximum atomic E-state index is 7.52. The van der Waals surface area contributed by atoms with Crippen LogP contribution in [-0.4, -0.2) is 17.4 Å². The summed E-state index contributed by atoms with van der Waals surface area (Å²) in [5, 5.41) is 7.52. The van der Waals surface area contributed by atoms with E-state index in [0.717, 1.165) is 19.4 Å². The highest BCUT2D eigenvalue weighted by atomic mass is 35.5. The first-order chi connectivity index (χ1) is 7.18. The summed E-state index contributed by atoms with van der Waals surface area (Å²) >= 11 is 0. The molecule has 3 nitrogen and oxygen atoms in total. The number of guanidine groups is 1. The largest absolute Gasteiger partial charge is 0.370 e. The topological polar surface area (TPSA) is 53.1 Å². The summed E-state index contributed by atoms with van der Waals surface area (Å²) in [6.45, 7) is 3.00. The van der Waals surface area contributed by atoms with Crippen LogP contribution in [0.3, 0.4) is 0 Å². The smallest absolute Gasteiger partial charge is 0.188 e. The van der Waals surface area contributed by atoms with Crippen molar-refractivity contribution in [3.63, 3.8) is 0 Å². The van der Waals surface area contributed by atoms with Gasteiger partial charge in [0.15, 0.2) is 5.96 Å². The molecule has 3 N–H and O–H groups in total. The van der Waals surface area contributed by atoms with Gasteiger partial charge in [0.2, 0.25) is 0 Å². The lowest BCUT2D eigenvalue weighted by molar-refractivity contribution is 0.393. The Labute approximate surface area is 103 Å². The third-order valence-corrected chi connectivity index (χ3v) is 3.02. The van der Waals surface area contributed by atoms with Gasteiger partial charge >= 0.3 is 0 Å². The molecular weight excluding hydrogens is 222 g/mol. The molecule has 0 aromatic heterocycles. The molecule has 1 aliphatic rings. The van der Waals surface area contributed by atoms with Gasteiger partial charge in [0.05, 0.1) is 6.04 Å². The summed E-state index contributed by atoms with van der Waals surface area (Å²) in [4.78, 5) is 1.98. The number of rotatable bonds is 1. The van der Waals surface area contributed by atoms with E-state index >= 15 is 0 Å². The van der Waals surface area contributed by atoms with Crippen molar-refractivity contribution in [2.45, 2.75) is 25.8 Å². The first-order valence-electron chi connectivity index (χ1n) is 5.35. The molecule has 4 heteroatoms. The van der Waals surface area contributed by atoms with Crippen LogP contribution in [-0.2, 0) is 0 Å². The molecular formula is C12H18ClN3. The number of aryl methyl sites for hydroxylation is 1. The molecule has 16 heavy (non-hydrogen) atoms. The van der Waals surface area contributed by atoms with Crippen molar-refractivity contribution in [2.24, 2.45) is 5.73 Å². The number of nitrogens with two attached hydrogens (primary N) is 1. The second kappa shape index (κ2) is 5.21. The molecule has 0 spiro atoms. The van der Waals surface area contributed by atoms with Crippen LogP contribution in [0.25, 0.3) is 0 Å². The van der Waals surface area contributed by atoms with Gasteiger partial charge in [0.25, 0.3) is 0 Å². The molecule has 1 aromatic carbocycles. The van der Waals surface area contributed by atoms with Crippen LogP contribution in [0.1, 0.15) is 30.0 Å². The summed E-state index contributed by atoms with van der Waals surface area (Å²) in [7, 11) is 0. The minimum Gasteiger partial charge on any atom is -0.370 e. The lowest BCUT2D eigenvalue weighted by atomic mass is 10.0. The molecule has 1 fully saturated rings. The minimum absolute atomic E-state index is 0. The SMILES string of the molecule is Cc1ccc(C2CCCN2C(=N)N)cc1.Cl. The van der Waals surface area contributed by atoms with Crippen LogP contribution in [0.15, 0.2) is 24.3 Å². The van der Waals surface area contributed by atoms with E-state index in [0.29, 0.717) is 6.04 Å². The maximum Gasteiger partial charge on any atom is 0.188 e. The maximum absolute atomic E-state index is 7.52. The van der Waals surface area contributed by atoms with Crippen LogP contribution >= 0.6 is 12.4 Å². The monoisotopic (exact) mass is 239 g/mol. The molecule has 2 rings (SSSR count). The molecule has 0 aliphatic carbocycles. The molecule has 88 valence electrons. The molecule has 0 radical (unpaired) electrons. The summed E-state index contributed by atoms with van der Waals surface area (Å²) in [5.74, 6) is 0.193. The lowest BCUT2D eigenvalue weighted by Gasteiger charge is -2.25. The van der Waals surface area contributed by atoms with E-state index in [4.69, 9.17) is 11.1 Å². The number of hydrogen-bond acceptors (Lipinski definition) is 1. The van der Waals surface area contributed by atoms with E-state index in [1.165, 1.54) is 11.1 Å². The van der Waals surface area contributed by atoms with E-state index in [1.54, 1.807) is 0 Å². The second-order valence-corrected chi connectivity index (χ2v) is 4.15. The number of halogens is 1. The summed E-state index contributed by atoms with van der Waals surface area (Å²) in [6.07, 6.45) is 2.22. The number of benzene rings is 1. The zero-order valence-corrected chi connectivity index (χ0v) is 10.3. The average Bonchev–Trinajstić information content (AvgIpc) is 2.67. The van der Waals surface area contributed by atoms with E-state index in [2.05, 4.69) is 31.2 Å². The first kappa shape index (κ1) is 12.8. The molecule has 1 saturated heterocycles. The van der Waals surface area contributed by atoms with Crippen molar-refractivity contribution in [1.29, 1.82) is 5.41 Å². The Balaban J connectivity index is 0.00000128. The van der Waals surface area contributed by atoms with E-state index in [9.17, 15) is 0 Å². The Morgan fingerprint density at radius 1 is 1.38 bits per heavy atom. The average molecular weight is 240 g/mol. The normalized spacial score (nSPS) is 19.3. The van der Waals surface area contributed by atoms with Gasteiger partial charge in [0, 0.05) is 6.54 Å². The third kappa shape index (κ3) is 2.47. The Morgan fingerprint density at radius 3 is 2.56 bits per heavy atom. The van der Waals surface area contributed by atoms with E-state index in [-0.39, 0.29) is 18.4 Å². The highest BCUT2D eigenvalue weighted by Crippen LogP contribution is 2.31. The summed E-state index contributed by atoms with van der Waals surface area (Å²) < 4.78 is 0. The van der Waals surface area contributed by atoms with E-state index < -0.39 is 0 Å². The highest BCUT2D eigenvalue weighted by molar-refractivity contribution is 5.85. The van der Waals surface area contributed by atoms with Crippen molar-refractivity contribution in [2.75, 3.05) is 6.54 Å². The molecule has 1 unspecified atom stereocenters. The standard InChI is InChI=1S/C12H17N3.ClH/c1-9-4-6-10(7-5-9)11-3-2-8-15(11)12(13)14;/h4-7,11H,2-3,8H2,1H3,(H3,13,14);1H. The van der Waals surface area contributed by atoms with Gasteiger partial charge in [0.1, 0.15) is 0 Å². The zero-order chi connectivity index (χ0) is 10.8. The lowest BCUT2D eigenvalue weighted by Crippen LogP contribution is -2.35. The molecule has 0 amide bonds. The number of hydrogen-bond donors (Lipinski definition) is 2. The van der Waals surface area contributed by atoms with Crippen LogP contribution < -0.4 is 5.73 Å². The number of nitrogens with one attached hydrogen (secondary N) is 1. The van der Waals surface area contributed by atoms with Gasteiger partial charge in [-0.3, -0.25) is 5.41 Å². The Hall–Kier alpha value is -1.22. The van der Waals surface area contributed by atoms with Crippen LogP contribution in [0.2, 0.25) is 0 Å². The van der Waals surface area contributed by atoms with Gasteiger partial charge in [-0.1, -0.05) is 29.8 Å². The first-order valence-corrected chi connectivity index (χ1v) is 5.35. The van der Waals surface area contributed by atoms with E-state index in [1.807, 2.05) is 4.90 Å². The van der Waals surface area contributed by atoms with Crippen molar-refractivity contribution in [3.8, 4) is 0 Å². The summed E-state index contributed by atoms with van der Waals surface area (Å²) in [5.41, 5.74) is 8.11. The Bertz CT molecular complexity index is 361. The molecule has 1 atom stereocenters. The molecule has 1 heterocycles. The van der Waals surface area contributed by atoms with Gasteiger partial charge in [-0.2, -0.15) is 0 Å². The predicted molar refractivity (Wildman–Crippen MR) is 69.0 cm³/mol. The second-order valence-electron chi connectivity index (χ2n) is 4.15. The van der Waals surface area contributed by atoms with Crippen LogP contribution in [0.4, 0.5) is 0 Å². The van der Waals surface area contributed by atoms with Crippen molar-refractivity contribution >= 4 is 18.4 Å².